The van der Waals surface area contributed by atoms with Crippen LogP contribution >= 0.6 is 23.2 Å². The summed E-state index contributed by atoms with van der Waals surface area (Å²) in [7, 11) is -3.84. The minimum Gasteiger partial charge on any atom is -0.355 e. The maximum Gasteiger partial charge on any atom is 0.244 e. The van der Waals surface area contributed by atoms with Gasteiger partial charge in [-0.15, -0.1) is 0 Å². The highest BCUT2D eigenvalue weighted by Crippen LogP contribution is 2.26. The zero-order chi connectivity index (χ0) is 28.7. The predicted octanol–water partition coefficient (Wildman–Crippen LogP) is 5.15. The number of amides is 2. The molecule has 10 heteroatoms. The van der Waals surface area contributed by atoms with Crippen LogP contribution in [0.2, 0.25) is 10.0 Å². The van der Waals surface area contributed by atoms with Gasteiger partial charge in [-0.05, 0) is 67.3 Å². The number of sulfonamides is 1. The lowest BCUT2D eigenvalue weighted by molar-refractivity contribution is -0.140. The number of nitrogens with zero attached hydrogens (tertiary/aromatic N) is 2. The van der Waals surface area contributed by atoms with Gasteiger partial charge in [0.2, 0.25) is 21.8 Å². The Morgan fingerprint density at radius 3 is 2.23 bits per heavy atom. The van der Waals surface area contributed by atoms with Crippen molar-refractivity contribution in [3.05, 3.63) is 99.0 Å². The highest BCUT2D eigenvalue weighted by Gasteiger charge is 2.33. The molecule has 3 aromatic carbocycles. The molecule has 1 unspecified atom stereocenters. The quantitative estimate of drug-likeness (QED) is 0.335. The van der Waals surface area contributed by atoms with E-state index in [2.05, 4.69) is 5.32 Å². The minimum atomic E-state index is -3.84. The Hall–Kier alpha value is -3.07. The number of likely N-dealkylation sites (N-methyl/N-ethyl adjacent to an activating group) is 1. The largest absolute Gasteiger partial charge is 0.355 e. The van der Waals surface area contributed by atoms with Crippen LogP contribution in [-0.2, 0) is 32.6 Å². The molecule has 0 aromatic heterocycles. The SMILES string of the molecule is CCNC(=O)C(Cc1ccccc1)N(Cc1ccc(Cl)cc1Cl)C(=O)CN(c1ccc(C)c(C)c1)S(C)(=O)=O. The van der Waals surface area contributed by atoms with Crippen molar-refractivity contribution in [1.82, 2.24) is 10.2 Å². The molecule has 0 aliphatic heterocycles. The Labute approximate surface area is 240 Å². The molecule has 0 aliphatic carbocycles. The topological polar surface area (TPSA) is 86.8 Å². The van der Waals surface area contributed by atoms with E-state index >= 15 is 0 Å². The summed E-state index contributed by atoms with van der Waals surface area (Å²) in [5.41, 5.74) is 3.69. The second-order valence-corrected chi connectivity index (χ2v) is 12.1. The van der Waals surface area contributed by atoms with Crippen molar-refractivity contribution in [2.24, 2.45) is 0 Å². The van der Waals surface area contributed by atoms with E-state index in [1.807, 2.05) is 50.2 Å². The van der Waals surface area contributed by atoms with Crippen molar-refractivity contribution in [1.29, 1.82) is 0 Å². The molecule has 1 atom stereocenters. The molecular weight excluding hydrogens is 557 g/mol. The molecule has 0 bridgehead atoms. The van der Waals surface area contributed by atoms with E-state index < -0.39 is 28.5 Å². The molecule has 1 N–H and O–H groups in total. The first kappa shape index (κ1) is 30.5. The predicted molar refractivity (Wildman–Crippen MR) is 158 cm³/mol. The summed E-state index contributed by atoms with van der Waals surface area (Å²) in [6.45, 7) is 5.45. The summed E-state index contributed by atoms with van der Waals surface area (Å²) in [5.74, 6) is -0.895. The van der Waals surface area contributed by atoms with E-state index in [0.29, 0.717) is 27.8 Å². The number of hydrogen-bond acceptors (Lipinski definition) is 4. The van der Waals surface area contributed by atoms with Crippen molar-refractivity contribution < 1.29 is 18.0 Å². The third-order valence-corrected chi connectivity index (χ3v) is 8.16. The fourth-order valence-electron chi connectivity index (χ4n) is 4.17. The van der Waals surface area contributed by atoms with Gasteiger partial charge in [0.05, 0.1) is 11.9 Å². The van der Waals surface area contributed by atoms with Gasteiger partial charge in [-0.3, -0.25) is 13.9 Å². The number of anilines is 1. The van der Waals surface area contributed by atoms with Crippen molar-refractivity contribution >= 4 is 50.7 Å². The Morgan fingerprint density at radius 2 is 1.64 bits per heavy atom. The Bertz CT molecular complexity index is 1430. The number of carbonyl (C=O) groups is 2. The van der Waals surface area contributed by atoms with E-state index in [0.717, 1.165) is 27.3 Å². The van der Waals surface area contributed by atoms with Gasteiger partial charge in [0.25, 0.3) is 0 Å². The van der Waals surface area contributed by atoms with Crippen LogP contribution in [0.1, 0.15) is 29.2 Å². The second-order valence-electron chi connectivity index (χ2n) is 9.40. The van der Waals surface area contributed by atoms with Gasteiger partial charge in [-0.1, -0.05) is 65.7 Å². The minimum absolute atomic E-state index is 0.0198. The maximum absolute atomic E-state index is 14.0. The lowest BCUT2D eigenvalue weighted by Crippen LogP contribution is -2.53. The van der Waals surface area contributed by atoms with Crippen molar-refractivity contribution in [2.75, 3.05) is 23.7 Å². The Kier molecular flexibility index (Phi) is 10.4. The fourth-order valence-corrected chi connectivity index (χ4v) is 5.48. The average Bonchev–Trinajstić information content (AvgIpc) is 2.87. The molecule has 7 nitrogen and oxygen atoms in total. The molecule has 0 fully saturated rings. The zero-order valence-corrected chi connectivity index (χ0v) is 24.8. The molecule has 0 aliphatic rings. The van der Waals surface area contributed by atoms with Gasteiger partial charge in [-0.25, -0.2) is 8.42 Å². The summed E-state index contributed by atoms with van der Waals surface area (Å²) in [6, 6.07) is 18.5. The van der Waals surface area contributed by atoms with Crippen molar-refractivity contribution in [3.63, 3.8) is 0 Å². The van der Waals surface area contributed by atoms with E-state index in [9.17, 15) is 18.0 Å². The summed E-state index contributed by atoms with van der Waals surface area (Å²) >= 11 is 12.5. The fraction of sp³-hybridized carbons (Fsp3) is 0.310. The molecule has 3 aromatic rings. The number of benzene rings is 3. The lowest BCUT2D eigenvalue weighted by Gasteiger charge is -2.33. The van der Waals surface area contributed by atoms with Crippen LogP contribution in [-0.4, -0.2) is 50.5 Å². The first-order valence-electron chi connectivity index (χ1n) is 12.5. The molecule has 0 spiro atoms. The van der Waals surface area contributed by atoms with Gasteiger partial charge in [-0.2, -0.15) is 0 Å². The summed E-state index contributed by atoms with van der Waals surface area (Å²) in [5, 5.41) is 3.59. The Balaban J connectivity index is 2.07. The number of carbonyl (C=O) groups excluding carboxylic acids is 2. The van der Waals surface area contributed by atoms with Gasteiger partial charge in [0.1, 0.15) is 12.6 Å². The first-order valence-corrected chi connectivity index (χ1v) is 15.1. The molecule has 0 saturated carbocycles. The monoisotopic (exact) mass is 589 g/mol. The van der Waals surface area contributed by atoms with Gasteiger partial charge in [0.15, 0.2) is 0 Å². The molecule has 3 rings (SSSR count). The number of hydrogen-bond donors (Lipinski definition) is 1. The van der Waals surface area contributed by atoms with Crippen LogP contribution in [0.15, 0.2) is 66.7 Å². The third-order valence-electron chi connectivity index (χ3n) is 6.44. The van der Waals surface area contributed by atoms with Crippen LogP contribution in [0.25, 0.3) is 0 Å². The highest BCUT2D eigenvalue weighted by molar-refractivity contribution is 7.92. The van der Waals surface area contributed by atoms with Gasteiger partial charge >= 0.3 is 0 Å². The molecule has 0 radical (unpaired) electrons. The molecule has 208 valence electrons. The van der Waals surface area contributed by atoms with E-state index in [-0.39, 0.29) is 18.9 Å². The molecule has 39 heavy (non-hydrogen) atoms. The summed E-state index contributed by atoms with van der Waals surface area (Å²) in [4.78, 5) is 28.8. The highest BCUT2D eigenvalue weighted by atomic mass is 35.5. The lowest BCUT2D eigenvalue weighted by atomic mass is 10.0. The summed E-state index contributed by atoms with van der Waals surface area (Å²) < 4.78 is 26.8. The first-order chi connectivity index (χ1) is 18.4. The van der Waals surface area contributed by atoms with Crippen LogP contribution in [0, 0.1) is 13.8 Å². The number of aryl methyl sites for hydroxylation is 2. The Morgan fingerprint density at radius 1 is 0.949 bits per heavy atom. The van der Waals surface area contributed by atoms with Gasteiger partial charge < -0.3 is 10.2 Å². The number of nitrogens with one attached hydrogen (secondary N) is 1. The smallest absolute Gasteiger partial charge is 0.244 e. The van der Waals surface area contributed by atoms with Crippen molar-refractivity contribution in [2.45, 2.75) is 39.8 Å². The van der Waals surface area contributed by atoms with Crippen LogP contribution in [0.5, 0.6) is 0 Å². The van der Waals surface area contributed by atoms with Crippen LogP contribution in [0.3, 0.4) is 0 Å². The average molecular weight is 591 g/mol. The van der Waals surface area contributed by atoms with Crippen LogP contribution in [0.4, 0.5) is 5.69 Å². The normalized spacial score (nSPS) is 12.1. The standard InChI is InChI=1S/C29H33Cl2N3O4S/c1-5-32-29(36)27(16-22-9-7-6-8-10-22)33(18-23-12-13-24(30)17-26(23)31)28(35)19-34(39(4,37)38)25-14-11-20(2)21(3)15-25/h6-15,17,27H,5,16,18-19H2,1-4H3,(H,32,36). The molecular formula is C29H33Cl2N3O4S. The van der Waals surface area contributed by atoms with E-state index in [4.69, 9.17) is 23.2 Å². The van der Waals surface area contributed by atoms with Crippen molar-refractivity contribution in [3.8, 4) is 0 Å². The molecule has 0 saturated heterocycles. The molecule has 2 amide bonds. The molecule has 0 heterocycles. The van der Waals surface area contributed by atoms with E-state index in [1.165, 1.54) is 4.90 Å². The third kappa shape index (κ3) is 8.21. The zero-order valence-electron chi connectivity index (χ0n) is 22.4. The van der Waals surface area contributed by atoms with Crippen LogP contribution < -0.4 is 9.62 Å². The van der Waals surface area contributed by atoms with Gasteiger partial charge in [0, 0.05) is 29.6 Å². The summed E-state index contributed by atoms with van der Waals surface area (Å²) in [6.07, 6.45) is 1.28. The number of rotatable bonds is 11. The maximum atomic E-state index is 14.0. The second kappa shape index (κ2) is 13.3. The van der Waals surface area contributed by atoms with E-state index in [1.54, 1.807) is 37.3 Å². The number of halogens is 2.